The molecule has 0 radical (unpaired) electrons. The van der Waals surface area contributed by atoms with Gasteiger partial charge in [0.05, 0.1) is 0 Å². The Bertz CT molecular complexity index is 452. The number of hydrogen-bond acceptors (Lipinski definition) is 3. The van der Waals surface area contributed by atoms with E-state index >= 15 is 0 Å². The predicted octanol–water partition coefficient (Wildman–Crippen LogP) is 1.46. The first-order valence-electron chi connectivity index (χ1n) is 6.51. The number of aliphatic hydroxyl groups excluding tert-OH is 1. The number of ketones is 1. The van der Waals surface area contributed by atoms with Crippen molar-refractivity contribution in [2.45, 2.75) is 26.2 Å². The molecule has 0 unspecified atom stereocenters. The van der Waals surface area contributed by atoms with Gasteiger partial charge in [0.2, 0.25) is 0 Å². The van der Waals surface area contributed by atoms with Crippen LogP contribution in [-0.2, 0) is 7.05 Å². The van der Waals surface area contributed by atoms with Crippen molar-refractivity contribution in [3.8, 4) is 0 Å². The number of aliphatic hydroxyl groups is 1. The quantitative estimate of drug-likeness (QED) is 0.600. The highest BCUT2D eigenvalue weighted by Crippen LogP contribution is 2.11. The van der Waals surface area contributed by atoms with Crippen LogP contribution in [0.25, 0.3) is 0 Å². The standard InChI is InChI=1S/C14H22N2O3/c1-11(18)12-9-13(16(3)10-12)14(19)15(2)7-5-4-6-8-17/h9-10,17H,4-8H2,1-3H3. The molecule has 1 N–H and O–H groups in total. The summed E-state index contributed by atoms with van der Waals surface area (Å²) in [6.07, 6.45) is 4.21. The third-order valence-electron chi connectivity index (χ3n) is 3.13. The van der Waals surface area contributed by atoms with E-state index in [0.717, 1.165) is 19.3 Å². The number of Topliss-reactive ketones (excluding diaryl/α,β-unsaturated/α-hetero) is 1. The molecule has 0 bridgehead atoms. The van der Waals surface area contributed by atoms with E-state index < -0.39 is 0 Å². The molecule has 1 rings (SSSR count). The molecule has 0 aliphatic carbocycles. The molecule has 1 aromatic heterocycles. The summed E-state index contributed by atoms with van der Waals surface area (Å²) in [5, 5.41) is 8.69. The topological polar surface area (TPSA) is 62.5 Å². The zero-order chi connectivity index (χ0) is 14.4. The summed E-state index contributed by atoms with van der Waals surface area (Å²) in [6.45, 7) is 2.33. The van der Waals surface area contributed by atoms with Crippen LogP contribution in [-0.4, -0.2) is 46.5 Å². The van der Waals surface area contributed by atoms with E-state index in [1.165, 1.54) is 6.92 Å². The molecular formula is C14H22N2O3. The molecule has 1 aromatic rings. The van der Waals surface area contributed by atoms with Crippen LogP contribution in [0, 0.1) is 0 Å². The van der Waals surface area contributed by atoms with E-state index in [9.17, 15) is 9.59 Å². The molecule has 0 saturated heterocycles. The van der Waals surface area contributed by atoms with Crippen LogP contribution < -0.4 is 0 Å². The molecular weight excluding hydrogens is 244 g/mol. The minimum absolute atomic E-state index is 0.0414. The fourth-order valence-corrected chi connectivity index (χ4v) is 1.90. The zero-order valence-electron chi connectivity index (χ0n) is 11.8. The van der Waals surface area contributed by atoms with E-state index in [1.54, 1.807) is 35.8 Å². The molecule has 1 amide bonds. The summed E-state index contributed by atoms with van der Waals surface area (Å²) in [7, 11) is 3.51. The maximum absolute atomic E-state index is 12.2. The Morgan fingerprint density at radius 1 is 1.32 bits per heavy atom. The number of aryl methyl sites for hydroxylation is 1. The molecule has 0 aromatic carbocycles. The lowest BCUT2D eigenvalue weighted by molar-refractivity contribution is 0.0782. The summed E-state index contributed by atoms with van der Waals surface area (Å²) in [6, 6.07) is 1.63. The van der Waals surface area contributed by atoms with Gasteiger partial charge in [0, 0.05) is 39.0 Å². The molecule has 0 aliphatic rings. The Morgan fingerprint density at radius 3 is 2.53 bits per heavy atom. The lowest BCUT2D eigenvalue weighted by atomic mass is 10.2. The minimum atomic E-state index is -0.0843. The van der Waals surface area contributed by atoms with Gasteiger partial charge in [-0.2, -0.15) is 0 Å². The van der Waals surface area contributed by atoms with Crippen molar-refractivity contribution >= 4 is 11.7 Å². The van der Waals surface area contributed by atoms with E-state index in [2.05, 4.69) is 0 Å². The summed E-state index contributed by atoms with van der Waals surface area (Å²) >= 11 is 0. The van der Waals surface area contributed by atoms with Crippen LogP contribution >= 0.6 is 0 Å². The first-order valence-corrected chi connectivity index (χ1v) is 6.51. The van der Waals surface area contributed by atoms with Gasteiger partial charge in [0.1, 0.15) is 5.69 Å². The Hall–Kier alpha value is -1.62. The van der Waals surface area contributed by atoms with Crippen molar-refractivity contribution in [1.82, 2.24) is 9.47 Å². The summed E-state index contributed by atoms with van der Waals surface area (Å²) in [5.41, 5.74) is 1.08. The Balaban J connectivity index is 2.63. The van der Waals surface area contributed by atoms with Crippen LogP contribution in [0.2, 0.25) is 0 Å². The molecule has 0 fully saturated rings. The number of nitrogens with zero attached hydrogens (tertiary/aromatic N) is 2. The monoisotopic (exact) mass is 266 g/mol. The van der Waals surface area contributed by atoms with Gasteiger partial charge in [-0.05, 0) is 32.3 Å². The van der Waals surface area contributed by atoms with Gasteiger partial charge in [-0.15, -0.1) is 0 Å². The number of aromatic nitrogens is 1. The number of hydrogen-bond donors (Lipinski definition) is 1. The molecule has 0 saturated carbocycles. The highest BCUT2D eigenvalue weighted by molar-refractivity contribution is 5.99. The summed E-state index contributed by atoms with van der Waals surface area (Å²) in [5.74, 6) is -0.126. The second-order valence-electron chi connectivity index (χ2n) is 4.79. The van der Waals surface area contributed by atoms with Crippen molar-refractivity contribution in [3.05, 3.63) is 23.5 Å². The number of amides is 1. The molecule has 19 heavy (non-hydrogen) atoms. The SMILES string of the molecule is CC(=O)c1cc(C(=O)N(C)CCCCCO)n(C)c1. The van der Waals surface area contributed by atoms with Crippen molar-refractivity contribution < 1.29 is 14.7 Å². The number of carbonyl (C=O) groups excluding carboxylic acids is 2. The van der Waals surface area contributed by atoms with Crippen molar-refractivity contribution in [1.29, 1.82) is 0 Å². The van der Waals surface area contributed by atoms with Crippen LogP contribution in [0.5, 0.6) is 0 Å². The third-order valence-corrected chi connectivity index (χ3v) is 3.13. The molecule has 0 aliphatic heterocycles. The molecule has 0 spiro atoms. The first-order chi connectivity index (χ1) is 8.97. The fraction of sp³-hybridized carbons (Fsp3) is 0.571. The van der Waals surface area contributed by atoms with E-state index in [0.29, 0.717) is 17.8 Å². The predicted molar refractivity (Wildman–Crippen MR) is 73.3 cm³/mol. The Kier molecular flexibility index (Phi) is 5.76. The summed E-state index contributed by atoms with van der Waals surface area (Å²) < 4.78 is 1.68. The maximum atomic E-state index is 12.2. The maximum Gasteiger partial charge on any atom is 0.270 e. The van der Waals surface area contributed by atoms with Gasteiger partial charge in [0.15, 0.2) is 5.78 Å². The first kappa shape index (κ1) is 15.4. The number of unbranched alkanes of at least 4 members (excludes halogenated alkanes) is 2. The van der Waals surface area contributed by atoms with Gasteiger partial charge in [-0.1, -0.05) is 0 Å². The smallest absolute Gasteiger partial charge is 0.270 e. The molecule has 5 nitrogen and oxygen atoms in total. The van der Waals surface area contributed by atoms with Crippen molar-refractivity contribution in [2.75, 3.05) is 20.2 Å². The minimum Gasteiger partial charge on any atom is -0.396 e. The van der Waals surface area contributed by atoms with Gasteiger partial charge in [0.25, 0.3) is 5.91 Å². The van der Waals surface area contributed by atoms with E-state index in [-0.39, 0.29) is 18.3 Å². The second-order valence-corrected chi connectivity index (χ2v) is 4.79. The van der Waals surface area contributed by atoms with E-state index in [1.807, 2.05) is 0 Å². The number of carbonyl (C=O) groups is 2. The average Bonchev–Trinajstić information content (AvgIpc) is 2.76. The zero-order valence-corrected chi connectivity index (χ0v) is 11.8. The largest absolute Gasteiger partial charge is 0.396 e. The average molecular weight is 266 g/mol. The second kappa shape index (κ2) is 7.09. The van der Waals surface area contributed by atoms with Gasteiger partial charge in [-0.25, -0.2) is 0 Å². The van der Waals surface area contributed by atoms with Crippen LogP contribution in [0.4, 0.5) is 0 Å². The highest BCUT2D eigenvalue weighted by Gasteiger charge is 2.17. The molecule has 106 valence electrons. The van der Waals surface area contributed by atoms with Crippen LogP contribution in [0.3, 0.4) is 0 Å². The molecule has 5 heteroatoms. The third kappa shape index (κ3) is 4.21. The van der Waals surface area contributed by atoms with Gasteiger partial charge >= 0.3 is 0 Å². The van der Waals surface area contributed by atoms with Crippen LogP contribution in [0.15, 0.2) is 12.3 Å². The molecule has 0 atom stereocenters. The lowest BCUT2D eigenvalue weighted by Gasteiger charge is -2.17. The summed E-state index contributed by atoms with van der Waals surface area (Å²) in [4.78, 5) is 25.1. The fourth-order valence-electron chi connectivity index (χ4n) is 1.90. The Labute approximate surface area is 113 Å². The number of rotatable bonds is 7. The normalized spacial score (nSPS) is 10.5. The lowest BCUT2D eigenvalue weighted by Crippen LogP contribution is -2.29. The van der Waals surface area contributed by atoms with Gasteiger partial charge < -0.3 is 14.6 Å². The van der Waals surface area contributed by atoms with E-state index in [4.69, 9.17) is 5.11 Å². The molecule has 1 heterocycles. The van der Waals surface area contributed by atoms with Gasteiger partial charge in [-0.3, -0.25) is 9.59 Å². The Morgan fingerprint density at radius 2 is 2.00 bits per heavy atom. The van der Waals surface area contributed by atoms with Crippen molar-refractivity contribution in [2.24, 2.45) is 7.05 Å². The highest BCUT2D eigenvalue weighted by atomic mass is 16.3. The van der Waals surface area contributed by atoms with Crippen molar-refractivity contribution in [3.63, 3.8) is 0 Å². The van der Waals surface area contributed by atoms with Crippen LogP contribution in [0.1, 0.15) is 47.0 Å².